The lowest BCUT2D eigenvalue weighted by molar-refractivity contribution is -0.0814. The molecule has 0 nitrogen and oxygen atoms in total. The van der Waals surface area contributed by atoms with Gasteiger partial charge in [0.15, 0.2) is 0 Å². The first kappa shape index (κ1) is 6.88. The van der Waals surface area contributed by atoms with Crippen LogP contribution in [-0.2, 0) is 0 Å². The van der Waals surface area contributed by atoms with Gasteiger partial charge < -0.3 is 0 Å². The second-order valence-corrected chi connectivity index (χ2v) is 3.24. The van der Waals surface area contributed by atoms with Gasteiger partial charge in [0.1, 0.15) is 0 Å². The number of alkyl halides is 2. The van der Waals surface area contributed by atoms with Crippen LogP contribution in [-0.4, -0.2) is 10.7 Å². The van der Waals surface area contributed by atoms with Crippen LogP contribution in [0.1, 0.15) is 12.8 Å². The highest BCUT2D eigenvalue weighted by Gasteiger charge is 2.53. The molecule has 0 aromatic heterocycles. The highest BCUT2D eigenvalue weighted by Crippen LogP contribution is 2.48. The van der Waals surface area contributed by atoms with Gasteiger partial charge in [0, 0.05) is 12.8 Å². The number of terminal acetylenes is 1. The van der Waals surface area contributed by atoms with E-state index in [0.29, 0.717) is 0 Å². The molecule has 0 atom stereocenters. The normalized spacial score (nSPS) is 28.2. The van der Waals surface area contributed by atoms with Gasteiger partial charge in [0.05, 0.1) is 4.75 Å². The first-order valence-corrected chi connectivity index (χ1v) is 3.00. The van der Waals surface area contributed by atoms with E-state index in [-0.39, 0.29) is 12.8 Å². The van der Waals surface area contributed by atoms with E-state index < -0.39 is 10.7 Å². The number of thiol groups is 1. The molecule has 50 valence electrons. The molecule has 0 unspecified atom stereocenters. The molecule has 1 fully saturated rings. The number of hydrogen-bond donors (Lipinski definition) is 1. The van der Waals surface area contributed by atoms with Crippen LogP contribution in [0, 0.1) is 12.3 Å². The maximum atomic E-state index is 12.1. The Hall–Kier alpha value is -0.230. The van der Waals surface area contributed by atoms with Crippen molar-refractivity contribution in [3.63, 3.8) is 0 Å². The molecule has 1 aliphatic carbocycles. The van der Waals surface area contributed by atoms with E-state index in [1.54, 1.807) is 0 Å². The molecule has 1 rings (SSSR count). The highest BCUT2D eigenvalue weighted by atomic mass is 32.1. The van der Waals surface area contributed by atoms with Gasteiger partial charge in [-0.05, 0) is 0 Å². The summed E-state index contributed by atoms with van der Waals surface area (Å²) in [5, 5.41) is 0. The van der Waals surface area contributed by atoms with Gasteiger partial charge in [-0.25, -0.2) is 8.78 Å². The van der Waals surface area contributed by atoms with Crippen LogP contribution in [0.25, 0.3) is 0 Å². The maximum absolute atomic E-state index is 12.1. The van der Waals surface area contributed by atoms with Crippen molar-refractivity contribution in [2.24, 2.45) is 0 Å². The Balaban J connectivity index is 2.54. The molecule has 0 aromatic rings. The predicted octanol–water partition coefficient (Wildman–Crippen LogP) is 1.72. The zero-order valence-corrected chi connectivity index (χ0v) is 5.59. The molecule has 0 heterocycles. The molecule has 3 heteroatoms. The average molecular weight is 148 g/mol. The molecule has 0 radical (unpaired) electrons. The zero-order chi connectivity index (χ0) is 7.12. The quantitative estimate of drug-likeness (QED) is 0.392. The summed E-state index contributed by atoms with van der Waals surface area (Å²) in [6.07, 6.45) is 4.37. The summed E-state index contributed by atoms with van der Waals surface area (Å²) in [6.45, 7) is 0. The molecule has 0 aromatic carbocycles. The standard InChI is InChI=1S/C6H6F2S/c1-2-5(9)3-6(7,8)4-5/h1,9H,3-4H2. The van der Waals surface area contributed by atoms with Crippen LogP contribution < -0.4 is 0 Å². The van der Waals surface area contributed by atoms with Crippen molar-refractivity contribution in [3.8, 4) is 12.3 Å². The van der Waals surface area contributed by atoms with Crippen molar-refractivity contribution in [1.29, 1.82) is 0 Å². The van der Waals surface area contributed by atoms with E-state index >= 15 is 0 Å². The minimum absolute atomic E-state index is 0.278. The van der Waals surface area contributed by atoms with E-state index in [1.165, 1.54) is 0 Å². The van der Waals surface area contributed by atoms with Crippen LogP contribution in [0.5, 0.6) is 0 Å². The molecule has 0 N–H and O–H groups in total. The minimum atomic E-state index is -2.56. The second kappa shape index (κ2) is 1.63. The summed E-state index contributed by atoms with van der Waals surface area (Å²) < 4.78 is 23.3. The Labute approximate surface area is 58.0 Å². The van der Waals surface area contributed by atoms with E-state index in [1.807, 2.05) is 0 Å². The van der Waals surface area contributed by atoms with Crippen molar-refractivity contribution in [2.45, 2.75) is 23.5 Å². The first-order valence-electron chi connectivity index (χ1n) is 2.55. The fourth-order valence-corrected chi connectivity index (χ4v) is 1.37. The predicted molar refractivity (Wildman–Crippen MR) is 34.7 cm³/mol. The Morgan fingerprint density at radius 3 is 2.00 bits per heavy atom. The Morgan fingerprint density at radius 1 is 1.44 bits per heavy atom. The molecule has 0 aliphatic heterocycles. The van der Waals surface area contributed by atoms with E-state index in [0.717, 1.165) is 0 Å². The van der Waals surface area contributed by atoms with Gasteiger partial charge in [-0.2, -0.15) is 12.6 Å². The topological polar surface area (TPSA) is 0 Å². The zero-order valence-electron chi connectivity index (χ0n) is 4.69. The highest BCUT2D eigenvalue weighted by molar-refractivity contribution is 7.82. The van der Waals surface area contributed by atoms with Crippen molar-refractivity contribution >= 4 is 12.6 Å². The first-order chi connectivity index (χ1) is 3.97. The summed E-state index contributed by atoms with van der Waals surface area (Å²) in [5.41, 5.74) is 0. The molecule has 1 aliphatic rings. The summed E-state index contributed by atoms with van der Waals surface area (Å²) in [6, 6.07) is 0. The SMILES string of the molecule is C#CC1(S)CC(F)(F)C1. The third kappa shape index (κ3) is 1.19. The average Bonchev–Trinajstić information content (AvgIpc) is 1.61. The van der Waals surface area contributed by atoms with Gasteiger partial charge in [0.2, 0.25) is 0 Å². The molecule has 0 saturated heterocycles. The molecule has 0 bridgehead atoms. The third-order valence-corrected chi connectivity index (χ3v) is 1.82. The monoisotopic (exact) mass is 148 g/mol. The fourth-order valence-electron chi connectivity index (χ4n) is 0.906. The van der Waals surface area contributed by atoms with Crippen molar-refractivity contribution in [3.05, 3.63) is 0 Å². The van der Waals surface area contributed by atoms with Crippen molar-refractivity contribution < 1.29 is 8.78 Å². The van der Waals surface area contributed by atoms with Crippen LogP contribution in [0.3, 0.4) is 0 Å². The van der Waals surface area contributed by atoms with Crippen LogP contribution >= 0.6 is 12.6 Å². The van der Waals surface area contributed by atoms with Gasteiger partial charge in [-0.3, -0.25) is 0 Å². The molecule has 9 heavy (non-hydrogen) atoms. The molecular formula is C6H6F2S. The lowest BCUT2D eigenvalue weighted by Crippen LogP contribution is -2.46. The van der Waals surface area contributed by atoms with Gasteiger partial charge in [-0.1, -0.05) is 5.92 Å². The van der Waals surface area contributed by atoms with Crippen molar-refractivity contribution in [2.75, 3.05) is 0 Å². The number of halogens is 2. The van der Waals surface area contributed by atoms with E-state index in [4.69, 9.17) is 6.42 Å². The van der Waals surface area contributed by atoms with Gasteiger partial charge in [-0.15, -0.1) is 6.42 Å². The van der Waals surface area contributed by atoms with Crippen LogP contribution in [0.4, 0.5) is 8.78 Å². The maximum Gasteiger partial charge on any atom is 0.252 e. The summed E-state index contributed by atoms with van der Waals surface area (Å²) in [4.78, 5) is 0. The molecule has 0 amide bonds. The minimum Gasteiger partial charge on any atom is -0.207 e. The smallest absolute Gasteiger partial charge is 0.207 e. The molecular weight excluding hydrogens is 142 g/mol. The molecule has 1 saturated carbocycles. The summed E-state index contributed by atoms with van der Waals surface area (Å²) in [7, 11) is 0. The Bertz CT molecular complexity index is 160. The van der Waals surface area contributed by atoms with Crippen LogP contribution in [0.15, 0.2) is 0 Å². The van der Waals surface area contributed by atoms with E-state index in [2.05, 4.69) is 18.5 Å². The fraction of sp³-hybridized carbons (Fsp3) is 0.667. The second-order valence-electron chi connectivity index (χ2n) is 2.39. The Morgan fingerprint density at radius 2 is 1.89 bits per heavy atom. The van der Waals surface area contributed by atoms with Crippen LogP contribution in [0.2, 0.25) is 0 Å². The van der Waals surface area contributed by atoms with Gasteiger partial charge >= 0.3 is 0 Å². The number of hydrogen-bond acceptors (Lipinski definition) is 1. The Kier molecular flexibility index (Phi) is 1.25. The number of rotatable bonds is 0. The summed E-state index contributed by atoms with van der Waals surface area (Å²) in [5.74, 6) is -0.344. The summed E-state index contributed by atoms with van der Waals surface area (Å²) >= 11 is 3.87. The van der Waals surface area contributed by atoms with Crippen molar-refractivity contribution in [1.82, 2.24) is 0 Å². The largest absolute Gasteiger partial charge is 0.252 e. The lowest BCUT2D eigenvalue weighted by atomic mass is 9.81. The molecule has 0 spiro atoms. The van der Waals surface area contributed by atoms with Gasteiger partial charge in [0.25, 0.3) is 5.92 Å². The van der Waals surface area contributed by atoms with E-state index in [9.17, 15) is 8.78 Å². The lowest BCUT2D eigenvalue weighted by Gasteiger charge is -2.39. The third-order valence-electron chi connectivity index (χ3n) is 1.37.